The molecule has 4 rings (SSSR count). The summed E-state index contributed by atoms with van der Waals surface area (Å²) >= 11 is 0. The van der Waals surface area contributed by atoms with E-state index in [1.807, 2.05) is 23.6 Å². The predicted octanol–water partition coefficient (Wildman–Crippen LogP) is 2.50. The van der Waals surface area contributed by atoms with Gasteiger partial charge in [0.2, 0.25) is 5.91 Å². The predicted molar refractivity (Wildman–Crippen MR) is 104 cm³/mol. The number of carbonyl (C=O) groups excluding carboxylic acids is 1. The average Bonchev–Trinajstić information content (AvgIpc) is 3.04. The van der Waals surface area contributed by atoms with E-state index in [1.165, 1.54) is 12.5 Å². The van der Waals surface area contributed by atoms with Crippen LogP contribution in [0.5, 0.6) is 0 Å². The highest BCUT2D eigenvalue weighted by Crippen LogP contribution is 2.27. The zero-order valence-electron chi connectivity index (χ0n) is 15.6. The summed E-state index contributed by atoms with van der Waals surface area (Å²) in [7, 11) is 0. The quantitative estimate of drug-likeness (QED) is 0.769. The number of hydrogen-bond acceptors (Lipinski definition) is 5. The maximum atomic E-state index is 11.6. The summed E-state index contributed by atoms with van der Waals surface area (Å²) in [6.45, 7) is 7.89. The van der Waals surface area contributed by atoms with Crippen molar-refractivity contribution in [2.45, 2.75) is 20.4 Å². The number of aromatic nitrogens is 3. The Morgan fingerprint density at radius 1 is 1.15 bits per heavy atom. The molecule has 3 heterocycles. The Morgan fingerprint density at radius 2 is 1.89 bits per heavy atom. The highest BCUT2D eigenvalue weighted by atomic mass is 16.5. The molecule has 0 bridgehead atoms. The molecule has 7 nitrogen and oxygen atoms in total. The van der Waals surface area contributed by atoms with Gasteiger partial charge in [0.15, 0.2) is 5.65 Å². The van der Waals surface area contributed by atoms with Gasteiger partial charge in [-0.25, -0.2) is 0 Å². The van der Waals surface area contributed by atoms with Gasteiger partial charge in [-0.2, -0.15) is 0 Å². The van der Waals surface area contributed by atoms with Crippen molar-refractivity contribution in [2.75, 3.05) is 31.6 Å². The van der Waals surface area contributed by atoms with Gasteiger partial charge in [0.25, 0.3) is 0 Å². The molecule has 1 N–H and O–H groups in total. The Bertz CT molecular complexity index is 958. The van der Waals surface area contributed by atoms with Gasteiger partial charge in [0.1, 0.15) is 5.82 Å². The van der Waals surface area contributed by atoms with E-state index in [9.17, 15) is 4.79 Å². The first kappa shape index (κ1) is 17.6. The van der Waals surface area contributed by atoms with Crippen molar-refractivity contribution in [3.8, 4) is 11.1 Å². The van der Waals surface area contributed by atoms with Crippen molar-refractivity contribution in [1.29, 1.82) is 0 Å². The molecule has 0 unspecified atom stereocenters. The summed E-state index contributed by atoms with van der Waals surface area (Å²) in [5, 5.41) is 11.1. The monoisotopic (exact) mass is 365 g/mol. The lowest BCUT2D eigenvalue weighted by Crippen LogP contribution is -2.35. The first-order valence-corrected chi connectivity index (χ1v) is 9.12. The molecule has 27 heavy (non-hydrogen) atoms. The molecule has 0 saturated carbocycles. The molecule has 1 amide bonds. The maximum absolute atomic E-state index is 11.6. The van der Waals surface area contributed by atoms with E-state index in [2.05, 4.69) is 44.7 Å². The summed E-state index contributed by atoms with van der Waals surface area (Å²) in [4.78, 5) is 14.0. The van der Waals surface area contributed by atoms with Crippen LogP contribution in [0.15, 0.2) is 36.5 Å². The van der Waals surface area contributed by atoms with Crippen molar-refractivity contribution in [2.24, 2.45) is 0 Å². The molecule has 0 radical (unpaired) electrons. The second-order valence-corrected chi connectivity index (χ2v) is 6.85. The molecule has 1 aliphatic rings. The van der Waals surface area contributed by atoms with Crippen LogP contribution in [0.25, 0.3) is 16.8 Å². The van der Waals surface area contributed by atoms with Crippen LogP contribution in [-0.4, -0.2) is 51.7 Å². The second-order valence-electron chi connectivity index (χ2n) is 6.85. The number of ether oxygens (including phenoxy) is 1. The van der Waals surface area contributed by atoms with E-state index in [0.717, 1.165) is 49.8 Å². The van der Waals surface area contributed by atoms with Crippen LogP contribution in [0.4, 0.5) is 5.69 Å². The van der Waals surface area contributed by atoms with Gasteiger partial charge < -0.3 is 10.1 Å². The van der Waals surface area contributed by atoms with Crippen LogP contribution in [0.1, 0.15) is 18.3 Å². The van der Waals surface area contributed by atoms with Crippen molar-refractivity contribution < 1.29 is 9.53 Å². The Morgan fingerprint density at radius 3 is 2.59 bits per heavy atom. The van der Waals surface area contributed by atoms with Gasteiger partial charge in [0, 0.05) is 38.3 Å². The fraction of sp³-hybridized carbons (Fsp3) is 0.350. The standard InChI is InChI=1S/C20H23N5O2/c1-14-22-23-20-19(21-15(2)26)11-18(13-25(14)20)17-5-3-16(4-6-17)12-24-7-9-27-10-8-24/h3-6,11,13H,7-10,12H2,1-2H3,(H,21,26). The SMILES string of the molecule is CC(=O)Nc1cc(-c2ccc(CN3CCOCC3)cc2)cn2c(C)nnc12. The summed E-state index contributed by atoms with van der Waals surface area (Å²) < 4.78 is 7.31. The number of hydrogen-bond donors (Lipinski definition) is 1. The van der Waals surface area contributed by atoms with E-state index in [4.69, 9.17) is 4.74 Å². The lowest BCUT2D eigenvalue weighted by molar-refractivity contribution is -0.114. The summed E-state index contributed by atoms with van der Waals surface area (Å²) in [5.74, 6) is 0.651. The lowest BCUT2D eigenvalue weighted by atomic mass is 10.0. The number of rotatable bonds is 4. The number of pyridine rings is 1. The van der Waals surface area contributed by atoms with Crippen molar-refractivity contribution in [3.63, 3.8) is 0 Å². The van der Waals surface area contributed by atoms with E-state index in [1.54, 1.807) is 0 Å². The third-order valence-corrected chi connectivity index (χ3v) is 4.78. The van der Waals surface area contributed by atoms with Crippen molar-refractivity contribution in [3.05, 3.63) is 47.9 Å². The third-order valence-electron chi connectivity index (χ3n) is 4.78. The average molecular weight is 365 g/mol. The van der Waals surface area contributed by atoms with Gasteiger partial charge >= 0.3 is 0 Å². The van der Waals surface area contributed by atoms with Crippen LogP contribution in [-0.2, 0) is 16.1 Å². The summed E-state index contributed by atoms with van der Waals surface area (Å²) in [6.07, 6.45) is 2.01. The molecular weight excluding hydrogens is 342 g/mol. The van der Waals surface area contributed by atoms with E-state index in [0.29, 0.717) is 11.3 Å². The zero-order valence-corrected chi connectivity index (χ0v) is 15.6. The highest BCUT2D eigenvalue weighted by Gasteiger charge is 2.13. The number of morpholine rings is 1. The van der Waals surface area contributed by atoms with E-state index < -0.39 is 0 Å². The number of fused-ring (bicyclic) bond motifs is 1. The molecule has 1 saturated heterocycles. The lowest BCUT2D eigenvalue weighted by Gasteiger charge is -2.26. The molecule has 1 fully saturated rings. The number of aryl methyl sites for hydroxylation is 1. The van der Waals surface area contributed by atoms with Crippen LogP contribution in [0.3, 0.4) is 0 Å². The Kier molecular flexibility index (Phi) is 4.87. The maximum Gasteiger partial charge on any atom is 0.221 e. The minimum atomic E-state index is -0.129. The van der Waals surface area contributed by atoms with Crippen molar-refractivity contribution >= 4 is 17.2 Å². The second kappa shape index (κ2) is 7.46. The molecule has 7 heteroatoms. The largest absolute Gasteiger partial charge is 0.379 e. The molecule has 1 aliphatic heterocycles. The number of anilines is 1. The van der Waals surface area contributed by atoms with Gasteiger partial charge in [-0.1, -0.05) is 24.3 Å². The zero-order chi connectivity index (χ0) is 18.8. The molecule has 0 spiro atoms. The number of benzene rings is 1. The normalized spacial score (nSPS) is 15.2. The molecule has 0 atom stereocenters. The Labute approximate surface area is 158 Å². The van der Waals surface area contributed by atoms with Gasteiger partial charge in [0.05, 0.1) is 18.9 Å². The minimum Gasteiger partial charge on any atom is -0.379 e. The molecule has 3 aromatic rings. The Balaban J connectivity index is 1.63. The third kappa shape index (κ3) is 3.84. The minimum absolute atomic E-state index is 0.129. The first-order chi connectivity index (χ1) is 13.1. The van der Waals surface area contributed by atoms with Crippen molar-refractivity contribution in [1.82, 2.24) is 19.5 Å². The van der Waals surface area contributed by atoms with Gasteiger partial charge in [-0.15, -0.1) is 10.2 Å². The van der Waals surface area contributed by atoms with Crippen LogP contribution in [0.2, 0.25) is 0 Å². The summed E-state index contributed by atoms with van der Waals surface area (Å²) in [5.41, 5.74) is 4.69. The molecule has 140 valence electrons. The fourth-order valence-electron chi connectivity index (χ4n) is 3.36. The molecule has 1 aromatic carbocycles. The van der Waals surface area contributed by atoms with Crippen LogP contribution in [0, 0.1) is 6.92 Å². The fourth-order valence-corrected chi connectivity index (χ4v) is 3.36. The number of carbonyl (C=O) groups is 1. The molecular formula is C20H23N5O2. The molecule has 2 aromatic heterocycles. The van der Waals surface area contributed by atoms with Crippen LogP contribution >= 0.6 is 0 Å². The topological polar surface area (TPSA) is 71.8 Å². The number of amides is 1. The smallest absolute Gasteiger partial charge is 0.221 e. The molecule has 0 aliphatic carbocycles. The highest BCUT2D eigenvalue weighted by molar-refractivity contribution is 5.93. The van der Waals surface area contributed by atoms with Gasteiger partial charge in [-0.05, 0) is 24.1 Å². The Hall–Kier alpha value is -2.77. The number of nitrogens with zero attached hydrogens (tertiary/aromatic N) is 4. The van der Waals surface area contributed by atoms with E-state index in [-0.39, 0.29) is 5.91 Å². The van der Waals surface area contributed by atoms with Gasteiger partial charge in [-0.3, -0.25) is 14.1 Å². The van der Waals surface area contributed by atoms with Crippen LogP contribution < -0.4 is 5.32 Å². The summed E-state index contributed by atoms with van der Waals surface area (Å²) in [6, 6.07) is 10.5. The number of nitrogens with one attached hydrogen (secondary N) is 1. The van der Waals surface area contributed by atoms with E-state index >= 15 is 0 Å². The first-order valence-electron chi connectivity index (χ1n) is 9.12.